The average molecular weight is 848 g/mol. The molecule has 4 unspecified atom stereocenters. The molecule has 0 amide bonds. The van der Waals surface area contributed by atoms with E-state index in [1.807, 2.05) is 7.11 Å². The first-order valence-electron chi connectivity index (χ1n) is 26.2. The maximum absolute atomic E-state index is 13.1. The lowest BCUT2D eigenvalue weighted by Gasteiger charge is -2.49. The van der Waals surface area contributed by atoms with E-state index in [-0.39, 0.29) is 29.7 Å². The van der Waals surface area contributed by atoms with Crippen molar-refractivity contribution >= 4 is 12.1 Å². The quantitative estimate of drug-likeness (QED) is 0.135. The molecule has 0 spiro atoms. The number of esters is 1. The zero-order valence-corrected chi connectivity index (χ0v) is 39.6. The molecule has 0 bridgehead atoms. The van der Waals surface area contributed by atoms with E-state index in [0.717, 1.165) is 107 Å². The number of nitrogens with zero attached hydrogens (tertiary/aromatic N) is 1. The van der Waals surface area contributed by atoms with Crippen LogP contribution in [0.25, 0.3) is 0 Å². The number of allylic oxidation sites excluding steroid dienone is 4. The number of rotatable bonds is 13. The topological polar surface area (TPSA) is 74.3 Å². The van der Waals surface area contributed by atoms with Crippen molar-refractivity contribution in [3.63, 3.8) is 0 Å². The Hall–Kier alpha value is -1.86. The molecule has 0 N–H and O–H groups in total. The molecule has 7 heteroatoms. The summed E-state index contributed by atoms with van der Waals surface area (Å²) >= 11 is 0. The Labute approximate surface area is 372 Å². The van der Waals surface area contributed by atoms with Crippen molar-refractivity contribution in [3.8, 4) is 0 Å². The second-order valence-corrected chi connectivity index (χ2v) is 22.5. The van der Waals surface area contributed by atoms with Crippen LogP contribution in [0.2, 0.25) is 0 Å². The van der Waals surface area contributed by atoms with Gasteiger partial charge in [-0.05, 0) is 220 Å². The Bertz CT molecular complexity index is 1390. The molecule has 0 aromatic rings. The molecule has 7 aliphatic carbocycles. The molecule has 7 fully saturated rings. The smallest absolute Gasteiger partial charge is 0.463 e. The largest absolute Gasteiger partial charge is 0.508 e. The van der Waals surface area contributed by atoms with E-state index in [1.165, 1.54) is 116 Å². The van der Waals surface area contributed by atoms with E-state index in [1.54, 1.807) is 0 Å². The molecule has 7 saturated carbocycles. The van der Waals surface area contributed by atoms with E-state index < -0.39 is 6.16 Å². The van der Waals surface area contributed by atoms with E-state index in [4.69, 9.17) is 18.9 Å². The van der Waals surface area contributed by atoms with Gasteiger partial charge in [-0.25, -0.2) is 4.79 Å². The van der Waals surface area contributed by atoms with Crippen molar-refractivity contribution in [1.82, 2.24) is 4.90 Å². The van der Waals surface area contributed by atoms with Crippen molar-refractivity contribution in [2.24, 2.45) is 46.8 Å². The summed E-state index contributed by atoms with van der Waals surface area (Å²) in [6, 6.07) is 2.33. The Morgan fingerprint density at radius 2 is 0.885 bits per heavy atom. The van der Waals surface area contributed by atoms with Crippen LogP contribution >= 0.6 is 0 Å². The van der Waals surface area contributed by atoms with Crippen molar-refractivity contribution in [1.29, 1.82) is 0 Å². The third-order valence-electron chi connectivity index (χ3n) is 18.0. The van der Waals surface area contributed by atoms with Crippen molar-refractivity contribution in [2.75, 3.05) is 7.11 Å². The summed E-state index contributed by atoms with van der Waals surface area (Å²) in [6.07, 6.45) is 44.4. The van der Waals surface area contributed by atoms with Gasteiger partial charge in [-0.15, -0.1) is 0 Å². The molecule has 346 valence electrons. The second kappa shape index (κ2) is 22.9. The molecule has 61 heavy (non-hydrogen) atoms. The minimum atomic E-state index is -0.443. The van der Waals surface area contributed by atoms with Gasteiger partial charge in [-0.2, -0.15) is 0 Å². The first kappa shape index (κ1) is 47.1. The lowest BCUT2D eigenvalue weighted by atomic mass is 9.60. The fraction of sp³-hybridized carbons (Fsp3) is 0.889. The zero-order chi connectivity index (χ0) is 42.8. The highest BCUT2D eigenvalue weighted by molar-refractivity contribution is 5.66. The third-order valence-corrected chi connectivity index (χ3v) is 18.0. The highest BCUT2D eigenvalue weighted by Gasteiger charge is 2.42. The number of methoxy groups -OCH3 is 1. The monoisotopic (exact) mass is 848 g/mol. The normalized spacial score (nSPS) is 39.6. The summed E-state index contributed by atoms with van der Waals surface area (Å²) in [7, 11) is 1.89. The third kappa shape index (κ3) is 13.6. The van der Waals surface area contributed by atoms with Crippen LogP contribution in [0.5, 0.6) is 0 Å². The highest BCUT2D eigenvalue weighted by Crippen LogP contribution is 2.49. The van der Waals surface area contributed by atoms with Crippen LogP contribution in [-0.4, -0.2) is 66.7 Å². The fourth-order valence-corrected chi connectivity index (χ4v) is 14.0. The van der Waals surface area contributed by atoms with Crippen LogP contribution in [0.3, 0.4) is 0 Å². The number of hydrogen-bond donors (Lipinski definition) is 0. The summed E-state index contributed by atoms with van der Waals surface area (Å²) in [4.78, 5) is 27.6. The van der Waals surface area contributed by atoms with Gasteiger partial charge < -0.3 is 18.9 Å². The fourth-order valence-electron chi connectivity index (χ4n) is 14.0. The molecular formula is C54H89NO6. The van der Waals surface area contributed by atoms with Crippen molar-refractivity contribution in [2.45, 2.75) is 250 Å². The van der Waals surface area contributed by atoms with Crippen LogP contribution in [0.15, 0.2) is 24.3 Å². The molecule has 4 atom stereocenters. The van der Waals surface area contributed by atoms with Crippen LogP contribution in [0.1, 0.15) is 207 Å². The van der Waals surface area contributed by atoms with E-state index in [0.29, 0.717) is 29.8 Å². The van der Waals surface area contributed by atoms with Crippen LogP contribution in [-0.2, 0) is 23.7 Å². The summed E-state index contributed by atoms with van der Waals surface area (Å²) in [5.41, 5.74) is 0.242. The van der Waals surface area contributed by atoms with Gasteiger partial charge >= 0.3 is 12.1 Å². The second-order valence-electron chi connectivity index (χ2n) is 22.5. The minimum absolute atomic E-state index is 0.0282. The van der Waals surface area contributed by atoms with Crippen LogP contribution < -0.4 is 0 Å². The molecule has 0 radical (unpaired) electrons. The SMILES string of the molecule is COC1CCCC(C=CC2CCC(N(C3CCC(C)CC3)C3CCC(C=CC4CCCC(OC(=O)OC5CCC(C(C)(C)C6CCC(OC(C)=O)CC6)CC5)C4)CC3)CC2)C1. The molecule has 7 nitrogen and oxygen atoms in total. The highest BCUT2D eigenvalue weighted by atomic mass is 16.7. The number of hydrogen-bond acceptors (Lipinski definition) is 7. The van der Waals surface area contributed by atoms with Crippen LogP contribution in [0, 0.1) is 46.8 Å². The van der Waals surface area contributed by atoms with E-state index in [2.05, 4.69) is 50.0 Å². The molecule has 0 aliphatic heterocycles. The molecule has 0 aromatic heterocycles. The zero-order valence-electron chi connectivity index (χ0n) is 39.6. The predicted molar refractivity (Wildman–Crippen MR) is 246 cm³/mol. The average Bonchev–Trinajstić information content (AvgIpc) is 3.27. The Balaban J connectivity index is 0.817. The van der Waals surface area contributed by atoms with Gasteiger partial charge in [0.15, 0.2) is 0 Å². The lowest BCUT2D eigenvalue weighted by molar-refractivity contribution is -0.148. The summed E-state index contributed by atoms with van der Waals surface area (Å²) < 4.78 is 23.2. The molecule has 0 saturated heterocycles. The Kier molecular flexibility index (Phi) is 17.6. The predicted octanol–water partition coefficient (Wildman–Crippen LogP) is 13.7. The van der Waals surface area contributed by atoms with Gasteiger partial charge in [0, 0.05) is 32.2 Å². The number of carbonyl (C=O) groups is 2. The summed E-state index contributed by atoms with van der Waals surface area (Å²) in [5.74, 6) is 4.70. The molecule has 7 aliphatic rings. The molecule has 0 heterocycles. The minimum Gasteiger partial charge on any atom is -0.463 e. The molecule has 7 rings (SSSR count). The van der Waals surface area contributed by atoms with E-state index >= 15 is 0 Å². The summed E-state index contributed by atoms with van der Waals surface area (Å²) in [6.45, 7) is 8.87. The molecular weight excluding hydrogens is 759 g/mol. The lowest BCUT2D eigenvalue weighted by Crippen LogP contribution is -2.52. The number of ether oxygens (including phenoxy) is 4. The van der Waals surface area contributed by atoms with Crippen molar-refractivity contribution in [3.05, 3.63) is 24.3 Å². The number of carbonyl (C=O) groups excluding carboxylic acids is 2. The Morgan fingerprint density at radius 1 is 0.475 bits per heavy atom. The maximum atomic E-state index is 13.1. The van der Waals surface area contributed by atoms with Gasteiger partial charge in [-0.1, -0.05) is 51.5 Å². The Morgan fingerprint density at radius 3 is 1.36 bits per heavy atom. The molecule has 0 aromatic carbocycles. The van der Waals surface area contributed by atoms with Gasteiger partial charge in [0.2, 0.25) is 0 Å². The maximum Gasteiger partial charge on any atom is 0.508 e. The van der Waals surface area contributed by atoms with Gasteiger partial charge in [-0.3, -0.25) is 9.69 Å². The van der Waals surface area contributed by atoms with Crippen molar-refractivity contribution < 1.29 is 28.5 Å². The summed E-state index contributed by atoms with van der Waals surface area (Å²) in [5, 5.41) is 0. The standard InChI is InChI=1S/C54H89NO6/c1-38-12-26-46(27-13-38)55(47-28-18-40(19-29-47)14-16-42-8-6-10-51(36-42)58-5)48-30-20-41(21-31-48)15-17-43-9-7-11-52(37-43)61-53(57)60-50-34-24-45(25-35-50)54(3,4)44-22-32-49(33-23-44)59-39(2)56/h14-17,38,40-52H,6-13,18-37H2,1-5H3. The van der Waals surface area contributed by atoms with Gasteiger partial charge in [0.05, 0.1) is 6.10 Å². The first-order valence-corrected chi connectivity index (χ1v) is 26.2. The first-order chi connectivity index (χ1) is 29.5. The van der Waals surface area contributed by atoms with Gasteiger partial charge in [0.25, 0.3) is 0 Å². The van der Waals surface area contributed by atoms with E-state index in [9.17, 15) is 9.59 Å². The van der Waals surface area contributed by atoms with Crippen LogP contribution in [0.4, 0.5) is 4.79 Å². The van der Waals surface area contributed by atoms with Gasteiger partial charge in [0.1, 0.15) is 18.3 Å².